The number of anilines is 1. The third-order valence-electron chi connectivity index (χ3n) is 2.27. The van der Waals surface area contributed by atoms with E-state index < -0.39 is 0 Å². The van der Waals surface area contributed by atoms with Crippen molar-refractivity contribution in [1.82, 2.24) is 15.3 Å². The number of nitrogens with zero attached hydrogens (tertiary/aromatic N) is 3. The summed E-state index contributed by atoms with van der Waals surface area (Å²) in [4.78, 5) is 22.1. The Morgan fingerprint density at radius 2 is 2.17 bits per heavy atom. The molecular formula is C12H19BrN4O. The fourth-order valence-corrected chi connectivity index (χ4v) is 1.88. The first-order valence-corrected chi connectivity index (χ1v) is 6.75. The van der Waals surface area contributed by atoms with Gasteiger partial charge in [0.05, 0.1) is 6.54 Å². The minimum absolute atomic E-state index is 0.0136. The summed E-state index contributed by atoms with van der Waals surface area (Å²) < 4.78 is 0.737. The molecule has 0 aromatic carbocycles. The third-order valence-corrected chi connectivity index (χ3v) is 2.67. The van der Waals surface area contributed by atoms with Gasteiger partial charge in [0.1, 0.15) is 16.2 Å². The summed E-state index contributed by atoms with van der Waals surface area (Å²) in [5.74, 6) is 1.49. The lowest BCUT2D eigenvalue weighted by atomic mass is 10.3. The highest BCUT2D eigenvalue weighted by molar-refractivity contribution is 9.10. The van der Waals surface area contributed by atoms with Gasteiger partial charge in [0, 0.05) is 25.6 Å². The summed E-state index contributed by atoms with van der Waals surface area (Å²) in [6.45, 7) is 6.16. The van der Waals surface area contributed by atoms with Gasteiger partial charge in [-0.05, 0) is 29.8 Å². The van der Waals surface area contributed by atoms with E-state index in [0.717, 1.165) is 22.7 Å². The van der Waals surface area contributed by atoms with Gasteiger partial charge < -0.3 is 10.2 Å². The molecule has 6 heteroatoms. The largest absolute Gasteiger partial charge is 0.352 e. The topological polar surface area (TPSA) is 58.1 Å². The van der Waals surface area contributed by atoms with E-state index in [9.17, 15) is 4.79 Å². The zero-order valence-corrected chi connectivity index (χ0v) is 12.8. The predicted octanol–water partition coefficient (Wildman–Crippen LogP) is 1.76. The predicted molar refractivity (Wildman–Crippen MR) is 75.7 cm³/mol. The molecule has 0 aliphatic carbocycles. The van der Waals surface area contributed by atoms with Gasteiger partial charge in [0.25, 0.3) is 0 Å². The summed E-state index contributed by atoms with van der Waals surface area (Å²) in [7, 11) is 1.84. The Morgan fingerprint density at radius 1 is 1.50 bits per heavy atom. The molecule has 5 nitrogen and oxygen atoms in total. The van der Waals surface area contributed by atoms with Crippen molar-refractivity contribution >= 4 is 27.7 Å². The van der Waals surface area contributed by atoms with E-state index in [-0.39, 0.29) is 18.5 Å². The first-order chi connectivity index (χ1) is 8.42. The molecule has 0 bridgehead atoms. The Morgan fingerprint density at radius 3 is 2.72 bits per heavy atom. The van der Waals surface area contributed by atoms with Gasteiger partial charge in [-0.2, -0.15) is 0 Å². The van der Waals surface area contributed by atoms with E-state index in [1.54, 1.807) is 0 Å². The summed E-state index contributed by atoms with van der Waals surface area (Å²) in [6.07, 6.45) is 0.762. The lowest BCUT2D eigenvalue weighted by Gasteiger charge is -2.19. The number of rotatable bonds is 5. The quantitative estimate of drug-likeness (QED) is 0.841. The second kappa shape index (κ2) is 6.68. The van der Waals surface area contributed by atoms with Crippen LogP contribution >= 0.6 is 15.9 Å². The van der Waals surface area contributed by atoms with Crippen molar-refractivity contribution in [2.45, 2.75) is 33.2 Å². The Bertz CT molecular complexity index is 423. The van der Waals surface area contributed by atoms with E-state index in [1.165, 1.54) is 0 Å². The van der Waals surface area contributed by atoms with Crippen LogP contribution in [0.3, 0.4) is 0 Å². The van der Waals surface area contributed by atoms with Gasteiger partial charge in [-0.3, -0.25) is 4.79 Å². The van der Waals surface area contributed by atoms with E-state index >= 15 is 0 Å². The van der Waals surface area contributed by atoms with Crippen LogP contribution in [0, 0.1) is 0 Å². The van der Waals surface area contributed by atoms with E-state index in [1.807, 2.05) is 38.8 Å². The highest BCUT2D eigenvalue weighted by Gasteiger charge is 2.11. The van der Waals surface area contributed by atoms with Crippen LogP contribution < -0.4 is 10.2 Å². The number of carbonyl (C=O) groups is 1. The second-order valence-corrected chi connectivity index (χ2v) is 5.21. The van der Waals surface area contributed by atoms with Crippen LogP contribution in [0.5, 0.6) is 0 Å². The van der Waals surface area contributed by atoms with Gasteiger partial charge in [-0.1, -0.05) is 6.92 Å². The van der Waals surface area contributed by atoms with Gasteiger partial charge >= 0.3 is 0 Å². The maximum atomic E-state index is 11.7. The van der Waals surface area contributed by atoms with Crippen LogP contribution in [0.1, 0.15) is 26.6 Å². The molecule has 18 heavy (non-hydrogen) atoms. The summed E-state index contributed by atoms with van der Waals surface area (Å²) in [5, 5.41) is 2.85. The highest BCUT2D eigenvalue weighted by Crippen LogP contribution is 2.15. The Labute approximate surface area is 116 Å². The molecule has 1 aromatic rings. The monoisotopic (exact) mass is 314 g/mol. The van der Waals surface area contributed by atoms with Crippen molar-refractivity contribution in [3.63, 3.8) is 0 Å². The van der Waals surface area contributed by atoms with Crippen molar-refractivity contribution in [3.05, 3.63) is 16.5 Å². The average molecular weight is 315 g/mol. The number of hydrogen-bond donors (Lipinski definition) is 1. The minimum atomic E-state index is -0.0136. The maximum absolute atomic E-state index is 11.7. The fraction of sp³-hybridized carbons (Fsp3) is 0.583. The summed E-state index contributed by atoms with van der Waals surface area (Å²) in [6, 6.07) is 1.95. The van der Waals surface area contributed by atoms with Crippen LogP contribution in [0.15, 0.2) is 10.7 Å². The van der Waals surface area contributed by atoms with Crippen molar-refractivity contribution < 1.29 is 4.79 Å². The molecule has 1 aromatic heterocycles. The summed E-state index contributed by atoms with van der Waals surface area (Å²) in [5.41, 5.74) is 0. The fourth-order valence-electron chi connectivity index (χ4n) is 1.47. The minimum Gasteiger partial charge on any atom is -0.352 e. The van der Waals surface area contributed by atoms with Crippen LogP contribution in [0.4, 0.5) is 5.82 Å². The number of hydrogen-bond acceptors (Lipinski definition) is 4. The first-order valence-electron chi connectivity index (χ1n) is 5.96. The molecule has 100 valence electrons. The van der Waals surface area contributed by atoms with Gasteiger partial charge in [-0.25, -0.2) is 9.97 Å². The molecule has 0 fully saturated rings. The van der Waals surface area contributed by atoms with Crippen molar-refractivity contribution in [1.29, 1.82) is 0 Å². The van der Waals surface area contributed by atoms with Crippen molar-refractivity contribution in [2.75, 3.05) is 18.5 Å². The zero-order valence-electron chi connectivity index (χ0n) is 11.2. The van der Waals surface area contributed by atoms with Crippen LogP contribution in [-0.2, 0) is 11.2 Å². The number of amides is 1. The van der Waals surface area contributed by atoms with Crippen LogP contribution in [-0.4, -0.2) is 35.5 Å². The molecule has 0 aliphatic heterocycles. The molecule has 0 radical (unpaired) electrons. The average Bonchev–Trinajstić information content (AvgIpc) is 2.26. The SMILES string of the molecule is CCc1nc(Br)cc(N(C)CC(=O)NC(C)C)n1. The molecule has 0 spiro atoms. The Balaban J connectivity index is 2.74. The lowest BCUT2D eigenvalue weighted by Crippen LogP contribution is -2.38. The Hall–Kier alpha value is -1.17. The van der Waals surface area contributed by atoms with Crippen molar-refractivity contribution in [2.24, 2.45) is 0 Å². The first kappa shape index (κ1) is 14.9. The molecule has 1 heterocycles. The number of likely N-dealkylation sites (N-methyl/N-ethyl adjacent to an activating group) is 1. The van der Waals surface area contributed by atoms with Gasteiger partial charge in [0.15, 0.2) is 0 Å². The highest BCUT2D eigenvalue weighted by atomic mass is 79.9. The molecule has 0 unspecified atom stereocenters. The van der Waals surface area contributed by atoms with Gasteiger partial charge in [0.2, 0.25) is 5.91 Å². The molecule has 1 N–H and O–H groups in total. The van der Waals surface area contributed by atoms with Gasteiger partial charge in [-0.15, -0.1) is 0 Å². The van der Waals surface area contributed by atoms with Crippen LogP contribution in [0.2, 0.25) is 0 Å². The molecule has 0 saturated carbocycles. The third kappa shape index (κ3) is 4.60. The number of halogens is 1. The normalized spacial score (nSPS) is 10.6. The number of nitrogens with one attached hydrogen (secondary N) is 1. The number of aromatic nitrogens is 2. The standard InChI is InChI=1S/C12H19BrN4O/c1-5-10-15-9(13)6-11(16-10)17(4)7-12(18)14-8(2)3/h6,8H,5,7H2,1-4H3,(H,14,18). The molecule has 0 saturated heterocycles. The summed E-state index contributed by atoms with van der Waals surface area (Å²) >= 11 is 3.35. The number of aryl methyl sites for hydroxylation is 1. The van der Waals surface area contributed by atoms with E-state index in [4.69, 9.17) is 0 Å². The molecule has 0 atom stereocenters. The van der Waals surface area contributed by atoms with Crippen molar-refractivity contribution in [3.8, 4) is 0 Å². The van der Waals surface area contributed by atoms with E-state index in [2.05, 4.69) is 31.2 Å². The Kier molecular flexibility index (Phi) is 5.53. The second-order valence-electron chi connectivity index (χ2n) is 4.40. The maximum Gasteiger partial charge on any atom is 0.239 e. The number of carbonyl (C=O) groups excluding carboxylic acids is 1. The molecular weight excluding hydrogens is 296 g/mol. The molecule has 0 aliphatic rings. The smallest absolute Gasteiger partial charge is 0.239 e. The lowest BCUT2D eigenvalue weighted by molar-refractivity contribution is -0.120. The van der Waals surface area contributed by atoms with E-state index in [0.29, 0.717) is 0 Å². The molecule has 1 amide bonds. The zero-order chi connectivity index (χ0) is 13.7. The molecule has 1 rings (SSSR count). The van der Waals surface area contributed by atoms with Crippen LogP contribution in [0.25, 0.3) is 0 Å².